The largest absolute Gasteiger partial charge is 0.497 e. The third-order valence-corrected chi connectivity index (χ3v) is 3.40. The van der Waals surface area contributed by atoms with Gasteiger partial charge in [-0.2, -0.15) is 0 Å². The standard InChI is InChI=1S/C16H26N2O2/c1-6-7-11-18(4)15(19)17-16(2,3)13-9-8-10-14(12-13)20-5/h8-10,12H,6-7,11H2,1-5H3,(H,17,19). The Balaban J connectivity index is 2.75. The summed E-state index contributed by atoms with van der Waals surface area (Å²) in [5, 5.41) is 3.06. The average molecular weight is 278 g/mol. The topological polar surface area (TPSA) is 41.6 Å². The minimum absolute atomic E-state index is 0.0498. The van der Waals surface area contributed by atoms with Gasteiger partial charge in [0.1, 0.15) is 5.75 Å². The quantitative estimate of drug-likeness (QED) is 0.866. The van der Waals surface area contributed by atoms with Crippen molar-refractivity contribution in [3.8, 4) is 5.75 Å². The van der Waals surface area contributed by atoms with Gasteiger partial charge in [0.25, 0.3) is 0 Å². The van der Waals surface area contributed by atoms with Crippen molar-refractivity contribution in [2.75, 3.05) is 20.7 Å². The fourth-order valence-electron chi connectivity index (χ4n) is 1.94. The summed E-state index contributed by atoms with van der Waals surface area (Å²) in [6.07, 6.45) is 2.10. The van der Waals surface area contributed by atoms with Crippen LogP contribution in [-0.4, -0.2) is 31.6 Å². The van der Waals surface area contributed by atoms with Gasteiger partial charge in [0.05, 0.1) is 12.6 Å². The van der Waals surface area contributed by atoms with Gasteiger partial charge in [-0.15, -0.1) is 0 Å². The number of carbonyl (C=O) groups excluding carboxylic acids is 1. The lowest BCUT2D eigenvalue weighted by Crippen LogP contribution is -2.47. The summed E-state index contributed by atoms with van der Waals surface area (Å²) >= 11 is 0. The zero-order chi connectivity index (χ0) is 15.2. The molecule has 0 atom stereocenters. The number of rotatable bonds is 6. The van der Waals surface area contributed by atoms with Crippen LogP contribution in [-0.2, 0) is 5.54 Å². The fraction of sp³-hybridized carbons (Fsp3) is 0.562. The Labute approximate surface area is 122 Å². The van der Waals surface area contributed by atoms with Gasteiger partial charge in [0.2, 0.25) is 0 Å². The summed E-state index contributed by atoms with van der Waals surface area (Å²) in [5.41, 5.74) is 0.584. The first-order valence-electron chi connectivity index (χ1n) is 7.08. The van der Waals surface area contributed by atoms with Crippen LogP contribution in [0.2, 0.25) is 0 Å². The third kappa shape index (κ3) is 4.44. The Morgan fingerprint density at radius 3 is 2.70 bits per heavy atom. The molecule has 4 heteroatoms. The van der Waals surface area contributed by atoms with Crippen molar-refractivity contribution in [2.45, 2.75) is 39.2 Å². The van der Waals surface area contributed by atoms with Crippen molar-refractivity contribution in [3.05, 3.63) is 29.8 Å². The molecular weight excluding hydrogens is 252 g/mol. The van der Waals surface area contributed by atoms with Crippen LogP contribution in [0.1, 0.15) is 39.2 Å². The number of amides is 2. The predicted molar refractivity (Wildman–Crippen MR) is 82.1 cm³/mol. The van der Waals surface area contributed by atoms with Crippen molar-refractivity contribution in [3.63, 3.8) is 0 Å². The Hall–Kier alpha value is -1.71. The number of ether oxygens (including phenoxy) is 1. The molecule has 20 heavy (non-hydrogen) atoms. The van der Waals surface area contributed by atoms with Crippen LogP contribution < -0.4 is 10.1 Å². The summed E-state index contributed by atoms with van der Waals surface area (Å²) in [6, 6.07) is 7.73. The van der Waals surface area contributed by atoms with Crippen LogP contribution in [0, 0.1) is 0 Å². The molecule has 0 heterocycles. The first-order chi connectivity index (χ1) is 9.40. The smallest absolute Gasteiger partial charge is 0.317 e. The third-order valence-electron chi connectivity index (χ3n) is 3.40. The van der Waals surface area contributed by atoms with E-state index in [-0.39, 0.29) is 6.03 Å². The van der Waals surface area contributed by atoms with Crippen LogP contribution in [0.15, 0.2) is 24.3 Å². The molecule has 0 saturated carbocycles. The molecule has 0 radical (unpaired) electrons. The average Bonchev–Trinajstić information content (AvgIpc) is 2.44. The van der Waals surface area contributed by atoms with Crippen LogP contribution >= 0.6 is 0 Å². The number of nitrogens with one attached hydrogen (secondary N) is 1. The van der Waals surface area contributed by atoms with E-state index < -0.39 is 5.54 Å². The molecule has 4 nitrogen and oxygen atoms in total. The van der Waals surface area contributed by atoms with Crippen LogP contribution in [0.5, 0.6) is 5.75 Å². The first-order valence-corrected chi connectivity index (χ1v) is 7.08. The molecule has 0 bridgehead atoms. The summed E-state index contributed by atoms with van der Waals surface area (Å²) in [7, 11) is 3.47. The highest BCUT2D eigenvalue weighted by atomic mass is 16.5. The van der Waals surface area contributed by atoms with Gasteiger partial charge in [0.15, 0.2) is 0 Å². The van der Waals surface area contributed by atoms with Crippen LogP contribution in [0.3, 0.4) is 0 Å². The zero-order valence-electron chi connectivity index (χ0n) is 13.2. The van der Waals surface area contributed by atoms with E-state index in [9.17, 15) is 4.79 Å². The number of methoxy groups -OCH3 is 1. The molecule has 0 saturated heterocycles. The molecule has 112 valence electrons. The minimum atomic E-state index is -0.438. The van der Waals surface area contributed by atoms with Crippen molar-refractivity contribution in [1.82, 2.24) is 10.2 Å². The Bertz CT molecular complexity index is 444. The maximum absolute atomic E-state index is 12.2. The lowest BCUT2D eigenvalue weighted by Gasteiger charge is -2.30. The van der Waals surface area contributed by atoms with Gasteiger partial charge in [-0.25, -0.2) is 4.79 Å². The summed E-state index contributed by atoms with van der Waals surface area (Å²) in [4.78, 5) is 13.9. The second kappa shape index (κ2) is 7.17. The van der Waals surface area contributed by atoms with Crippen molar-refractivity contribution in [1.29, 1.82) is 0 Å². The number of unbranched alkanes of at least 4 members (excludes halogenated alkanes) is 1. The number of nitrogens with zero attached hydrogens (tertiary/aromatic N) is 1. The number of hydrogen-bond donors (Lipinski definition) is 1. The highest BCUT2D eigenvalue weighted by molar-refractivity contribution is 5.75. The summed E-state index contributed by atoms with van der Waals surface area (Å²) in [6.45, 7) is 6.88. The van der Waals surface area contributed by atoms with E-state index in [1.54, 1.807) is 12.0 Å². The minimum Gasteiger partial charge on any atom is -0.497 e. The van der Waals surface area contributed by atoms with Gasteiger partial charge >= 0.3 is 6.03 Å². The van der Waals surface area contributed by atoms with E-state index in [1.807, 2.05) is 45.2 Å². The second-order valence-corrected chi connectivity index (χ2v) is 5.56. The molecule has 0 fully saturated rings. The second-order valence-electron chi connectivity index (χ2n) is 5.56. The van der Waals surface area contributed by atoms with Crippen molar-refractivity contribution in [2.24, 2.45) is 0 Å². The lowest BCUT2D eigenvalue weighted by molar-refractivity contribution is 0.196. The Kier molecular flexibility index (Phi) is 5.86. The first kappa shape index (κ1) is 16.3. The predicted octanol–water partition coefficient (Wildman–Crippen LogP) is 3.37. The summed E-state index contributed by atoms with van der Waals surface area (Å²) in [5.74, 6) is 0.796. The van der Waals surface area contributed by atoms with Crippen LogP contribution in [0.25, 0.3) is 0 Å². The number of hydrogen-bond acceptors (Lipinski definition) is 2. The van der Waals surface area contributed by atoms with Crippen LogP contribution in [0.4, 0.5) is 4.79 Å². The maximum Gasteiger partial charge on any atom is 0.317 e. The Morgan fingerprint density at radius 2 is 2.10 bits per heavy atom. The molecule has 0 aliphatic rings. The number of carbonyl (C=O) groups is 1. The molecule has 0 aromatic heterocycles. The molecule has 0 spiro atoms. The highest BCUT2D eigenvalue weighted by Gasteiger charge is 2.24. The highest BCUT2D eigenvalue weighted by Crippen LogP contribution is 2.24. The van der Waals surface area contributed by atoms with Gasteiger partial charge in [0, 0.05) is 13.6 Å². The number of urea groups is 1. The van der Waals surface area contributed by atoms with E-state index in [4.69, 9.17) is 4.74 Å². The molecule has 1 aromatic carbocycles. The molecule has 0 aliphatic heterocycles. The van der Waals surface area contributed by atoms with Crippen molar-refractivity contribution < 1.29 is 9.53 Å². The van der Waals surface area contributed by atoms with Gasteiger partial charge in [-0.3, -0.25) is 0 Å². The van der Waals surface area contributed by atoms with E-state index in [0.29, 0.717) is 0 Å². The molecule has 1 N–H and O–H groups in total. The van der Waals surface area contributed by atoms with Crippen molar-refractivity contribution >= 4 is 6.03 Å². The molecule has 0 unspecified atom stereocenters. The molecule has 1 rings (SSSR count). The lowest BCUT2D eigenvalue weighted by atomic mass is 9.94. The molecule has 0 aliphatic carbocycles. The monoisotopic (exact) mass is 278 g/mol. The number of benzene rings is 1. The van der Waals surface area contributed by atoms with Gasteiger partial charge < -0.3 is 15.0 Å². The maximum atomic E-state index is 12.2. The molecule has 1 aromatic rings. The fourth-order valence-corrected chi connectivity index (χ4v) is 1.94. The van der Waals surface area contributed by atoms with Gasteiger partial charge in [-0.1, -0.05) is 25.5 Å². The van der Waals surface area contributed by atoms with E-state index in [0.717, 1.165) is 30.7 Å². The molecular formula is C16H26N2O2. The zero-order valence-corrected chi connectivity index (χ0v) is 13.2. The normalized spacial score (nSPS) is 11.1. The van der Waals surface area contributed by atoms with Gasteiger partial charge in [-0.05, 0) is 38.0 Å². The summed E-state index contributed by atoms with van der Waals surface area (Å²) < 4.78 is 5.23. The van der Waals surface area contributed by atoms with E-state index in [1.165, 1.54) is 0 Å². The SMILES string of the molecule is CCCCN(C)C(=O)NC(C)(C)c1cccc(OC)c1. The Morgan fingerprint density at radius 1 is 1.40 bits per heavy atom. The van der Waals surface area contributed by atoms with E-state index >= 15 is 0 Å². The molecule has 2 amide bonds. The van der Waals surface area contributed by atoms with E-state index in [2.05, 4.69) is 12.2 Å².